The highest BCUT2D eigenvalue weighted by Gasteiger charge is 2.37. The summed E-state index contributed by atoms with van der Waals surface area (Å²) in [7, 11) is 0. The fraction of sp³-hybridized carbons (Fsp3) is 0.900. The molecule has 0 bridgehead atoms. The smallest absolute Gasteiger partial charge is 0.310 e. The van der Waals surface area contributed by atoms with Crippen molar-refractivity contribution >= 4 is 11.9 Å². The Morgan fingerprint density at radius 1 is 0.958 bits per heavy atom. The number of hydrogen-bond donors (Lipinski definition) is 1. The normalized spacial score (nSPS) is 21.3. The molecule has 0 saturated heterocycles. The van der Waals surface area contributed by atoms with Crippen LogP contribution < -0.4 is 5.32 Å². The van der Waals surface area contributed by atoms with Crippen molar-refractivity contribution in [2.24, 2.45) is 11.8 Å². The second-order valence-electron chi connectivity index (χ2n) is 8.09. The van der Waals surface area contributed by atoms with Crippen molar-refractivity contribution in [1.29, 1.82) is 0 Å². The SMILES string of the molecule is CCCCCCCCNC(=O)C1CCCCC1C(=O)OC(C)(C)C. The molecule has 0 spiro atoms. The summed E-state index contributed by atoms with van der Waals surface area (Å²) >= 11 is 0. The predicted octanol–water partition coefficient (Wildman–Crippen LogP) is 4.61. The van der Waals surface area contributed by atoms with Crippen LogP contribution in [0.1, 0.15) is 91.9 Å². The molecule has 0 aliphatic heterocycles. The minimum Gasteiger partial charge on any atom is -0.460 e. The van der Waals surface area contributed by atoms with Crippen LogP contribution >= 0.6 is 0 Å². The monoisotopic (exact) mass is 339 g/mol. The summed E-state index contributed by atoms with van der Waals surface area (Å²) in [5.41, 5.74) is -0.492. The summed E-state index contributed by atoms with van der Waals surface area (Å²) < 4.78 is 5.52. The lowest BCUT2D eigenvalue weighted by molar-refractivity contribution is -0.165. The Morgan fingerprint density at radius 2 is 1.54 bits per heavy atom. The lowest BCUT2D eigenvalue weighted by Gasteiger charge is -2.31. The van der Waals surface area contributed by atoms with Gasteiger partial charge < -0.3 is 10.1 Å². The Balaban J connectivity index is 2.38. The Morgan fingerprint density at radius 3 is 2.17 bits per heavy atom. The molecule has 1 aliphatic carbocycles. The van der Waals surface area contributed by atoms with Crippen molar-refractivity contribution < 1.29 is 14.3 Å². The zero-order valence-corrected chi connectivity index (χ0v) is 16.2. The number of hydrogen-bond acceptors (Lipinski definition) is 3. The first-order valence-corrected chi connectivity index (χ1v) is 9.85. The third-order valence-corrected chi connectivity index (χ3v) is 4.64. The molecule has 1 saturated carbocycles. The Kier molecular flexibility index (Phi) is 9.38. The average Bonchev–Trinajstić information content (AvgIpc) is 2.52. The quantitative estimate of drug-likeness (QED) is 0.493. The van der Waals surface area contributed by atoms with Crippen LogP contribution in [0.4, 0.5) is 0 Å². The van der Waals surface area contributed by atoms with E-state index in [1.54, 1.807) is 0 Å². The highest BCUT2D eigenvalue weighted by Crippen LogP contribution is 2.32. The van der Waals surface area contributed by atoms with Crippen LogP contribution in [0.3, 0.4) is 0 Å². The summed E-state index contributed by atoms with van der Waals surface area (Å²) in [5, 5.41) is 3.04. The molecule has 24 heavy (non-hydrogen) atoms. The van der Waals surface area contributed by atoms with Gasteiger partial charge in [-0.15, -0.1) is 0 Å². The standard InChI is InChI=1S/C20H37NO3/c1-5-6-7-8-9-12-15-21-18(22)16-13-10-11-14-17(16)19(23)24-20(2,3)4/h16-17H,5-15H2,1-4H3,(H,21,22). The minimum absolute atomic E-state index is 0.0408. The van der Waals surface area contributed by atoms with Crippen molar-refractivity contribution in [3.05, 3.63) is 0 Å². The van der Waals surface area contributed by atoms with E-state index in [0.29, 0.717) is 0 Å². The Hall–Kier alpha value is -1.06. The summed E-state index contributed by atoms with van der Waals surface area (Å²) in [6.45, 7) is 8.57. The zero-order chi connectivity index (χ0) is 18.0. The van der Waals surface area contributed by atoms with Gasteiger partial charge in [0.1, 0.15) is 5.60 Å². The van der Waals surface area contributed by atoms with Crippen molar-refractivity contribution in [3.63, 3.8) is 0 Å². The average molecular weight is 340 g/mol. The zero-order valence-electron chi connectivity index (χ0n) is 16.2. The molecule has 0 aromatic heterocycles. The van der Waals surface area contributed by atoms with E-state index in [4.69, 9.17) is 4.74 Å². The van der Waals surface area contributed by atoms with Crippen LogP contribution in [-0.2, 0) is 14.3 Å². The van der Waals surface area contributed by atoms with Gasteiger partial charge in [0, 0.05) is 6.54 Å². The molecule has 2 unspecified atom stereocenters. The van der Waals surface area contributed by atoms with Crippen LogP contribution in [0.2, 0.25) is 0 Å². The maximum Gasteiger partial charge on any atom is 0.310 e. The molecule has 4 nitrogen and oxygen atoms in total. The first-order valence-electron chi connectivity index (χ1n) is 9.85. The molecular formula is C20H37NO3. The fourth-order valence-corrected chi connectivity index (χ4v) is 3.35. The van der Waals surface area contributed by atoms with Crippen molar-refractivity contribution in [1.82, 2.24) is 5.32 Å². The second kappa shape index (κ2) is 10.7. The topological polar surface area (TPSA) is 55.4 Å². The van der Waals surface area contributed by atoms with E-state index in [1.165, 1.54) is 32.1 Å². The maximum absolute atomic E-state index is 12.5. The van der Waals surface area contributed by atoms with Gasteiger partial charge in [-0.25, -0.2) is 0 Å². The summed E-state index contributed by atoms with van der Waals surface area (Å²) in [5.74, 6) is -0.655. The van der Waals surface area contributed by atoms with Gasteiger partial charge in [-0.3, -0.25) is 9.59 Å². The van der Waals surface area contributed by atoms with Gasteiger partial charge in [-0.1, -0.05) is 51.9 Å². The van der Waals surface area contributed by atoms with Crippen LogP contribution in [0.15, 0.2) is 0 Å². The Bertz CT molecular complexity index is 387. The Labute approximate surface area is 148 Å². The van der Waals surface area contributed by atoms with Crippen molar-refractivity contribution in [3.8, 4) is 0 Å². The van der Waals surface area contributed by atoms with Crippen LogP contribution in [0.25, 0.3) is 0 Å². The van der Waals surface area contributed by atoms with Crippen LogP contribution in [-0.4, -0.2) is 24.0 Å². The van der Waals surface area contributed by atoms with Gasteiger partial charge in [-0.05, 0) is 40.0 Å². The van der Waals surface area contributed by atoms with Gasteiger partial charge in [-0.2, -0.15) is 0 Å². The summed E-state index contributed by atoms with van der Waals surface area (Å²) in [6.07, 6.45) is 10.9. The van der Waals surface area contributed by atoms with Gasteiger partial charge >= 0.3 is 5.97 Å². The number of ether oxygens (including phenoxy) is 1. The maximum atomic E-state index is 12.5. The van der Waals surface area contributed by atoms with E-state index in [-0.39, 0.29) is 23.7 Å². The third kappa shape index (κ3) is 8.16. The van der Waals surface area contributed by atoms with E-state index in [1.807, 2.05) is 20.8 Å². The fourth-order valence-electron chi connectivity index (χ4n) is 3.35. The van der Waals surface area contributed by atoms with E-state index in [9.17, 15) is 9.59 Å². The summed E-state index contributed by atoms with van der Waals surface area (Å²) in [4.78, 5) is 24.9. The number of rotatable bonds is 9. The molecule has 1 rings (SSSR count). The second-order valence-corrected chi connectivity index (χ2v) is 8.09. The highest BCUT2D eigenvalue weighted by atomic mass is 16.6. The number of carbonyl (C=O) groups excluding carboxylic acids is 2. The molecule has 0 heterocycles. The van der Waals surface area contributed by atoms with Crippen LogP contribution in [0.5, 0.6) is 0 Å². The molecule has 0 radical (unpaired) electrons. The van der Waals surface area contributed by atoms with Gasteiger partial charge in [0.25, 0.3) is 0 Å². The molecule has 1 aliphatic rings. The number of carbonyl (C=O) groups is 2. The molecule has 0 aromatic rings. The van der Waals surface area contributed by atoms with E-state index in [0.717, 1.165) is 38.6 Å². The van der Waals surface area contributed by atoms with Crippen molar-refractivity contribution in [2.75, 3.05) is 6.54 Å². The molecule has 4 heteroatoms. The van der Waals surface area contributed by atoms with E-state index >= 15 is 0 Å². The molecule has 1 N–H and O–H groups in total. The number of esters is 1. The molecular weight excluding hydrogens is 302 g/mol. The van der Waals surface area contributed by atoms with Gasteiger partial charge in [0.2, 0.25) is 5.91 Å². The van der Waals surface area contributed by atoms with Crippen molar-refractivity contribution in [2.45, 2.75) is 97.5 Å². The lowest BCUT2D eigenvalue weighted by Crippen LogP contribution is -2.42. The molecule has 2 atom stereocenters. The number of amides is 1. The first kappa shape index (κ1) is 21.0. The first-order chi connectivity index (χ1) is 11.3. The third-order valence-electron chi connectivity index (χ3n) is 4.64. The number of unbranched alkanes of at least 4 members (excludes halogenated alkanes) is 5. The minimum atomic E-state index is -0.492. The van der Waals surface area contributed by atoms with Crippen LogP contribution in [0, 0.1) is 11.8 Å². The largest absolute Gasteiger partial charge is 0.460 e. The molecule has 1 amide bonds. The molecule has 1 fully saturated rings. The molecule has 140 valence electrons. The lowest BCUT2D eigenvalue weighted by atomic mass is 9.78. The van der Waals surface area contributed by atoms with E-state index < -0.39 is 5.60 Å². The van der Waals surface area contributed by atoms with Gasteiger partial charge in [0.05, 0.1) is 11.8 Å². The van der Waals surface area contributed by atoms with Gasteiger partial charge in [0.15, 0.2) is 0 Å². The predicted molar refractivity (Wildman–Crippen MR) is 97.7 cm³/mol. The van der Waals surface area contributed by atoms with E-state index in [2.05, 4.69) is 12.2 Å². The highest BCUT2D eigenvalue weighted by molar-refractivity contribution is 5.85. The summed E-state index contributed by atoms with van der Waals surface area (Å²) in [6, 6.07) is 0. The molecule has 0 aromatic carbocycles. The number of nitrogens with one attached hydrogen (secondary N) is 1.